The Hall–Kier alpha value is -0.0800. The van der Waals surface area contributed by atoms with Crippen molar-refractivity contribution in [2.24, 2.45) is 5.41 Å². The van der Waals surface area contributed by atoms with Crippen molar-refractivity contribution in [2.45, 2.75) is 84.3 Å². The van der Waals surface area contributed by atoms with Crippen LogP contribution in [0.2, 0.25) is 0 Å². The molecule has 1 atom stereocenters. The van der Waals surface area contributed by atoms with E-state index >= 15 is 0 Å². The first-order valence-electron chi connectivity index (χ1n) is 7.99. The molecule has 1 N–H and O–H groups in total. The van der Waals surface area contributed by atoms with Gasteiger partial charge in [0.2, 0.25) is 0 Å². The van der Waals surface area contributed by atoms with Crippen LogP contribution in [0.4, 0.5) is 0 Å². The van der Waals surface area contributed by atoms with Crippen molar-refractivity contribution in [1.82, 2.24) is 10.2 Å². The van der Waals surface area contributed by atoms with Crippen molar-refractivity contribution in [1.29, 1.82) is 0 Å². The van der Waals surface area contributed by atoms with Gasteiger partial charge in [-0.15, -0.1) is 0 Å². The second-order valence-corrected chi connectivity index (χ2v) is 7.36. The summed E-state index contributed by atoms with van der Waals surface area (Å²) < 4.78 is 0. The molecule has 2 rings (SSSR count). The SMILES string of the molecule is CC(C)N1CCC(NC2CCCCC2(C)C)CC1. The largest absolute Gasteiger partial charge is 0.311 e. The van der Waals surface area contributed by atoms with Crippen LogP contribution in [0, 0.1) is 5.41 Å². The van der Waals surface area contributed by atoms with Gasteiger partial charge in [-0.25, -0.2) is 0 Å². The molecule has 1 saturated heterocycles. The molecule has 2 nitrogen and oxygen atoms in total. The van der Waals surface area contributed by atoms with E-state index in [0.29, 0.717) is 5.41 Å². The van der Waals surface area contributed by atoms with E-state index in [1.54, 1.807) is 0 Å². The lowest BCUT2D eigenvalue weighted by Gasteiger charge is -2.43. The molecule has 1 heterocycles. The Kier molecular flexibility index (Phi) is 4.71. The van der Waals surface area contributed by atoms with Crippen molar-refractivity contribution >= 4 is 0 Å². The minimum atomic E-state index is 0.507. The number of rotatable bonds is 3. The van der Waals surface area contributed by atoms with Gasteiger partial charge in [-0.05, 0) is 58.0 Å². The van der Waals surface area contributed by atoms with Gasteiger partial charge in [-0.2, -0.15) is 0 Å². The van der Waals surface area contributed by atoms with Crippen LogP contribution in [0.25, 0.3) is 0 Å². The highest BCUT2D eigenvalue weighted by atomic mass is 15.2. The van der Waals surface area contributed by atoms with Crippen LogP contribution < -0.4 is 5.32 Å². The number of hydrogen-bond acceptors (Lipinski definition) is 2. The molecule has 0 amide bonds. The Morgan fingerprint density at radius 1 is 1.06 bits per heavy atom. The summed E-state index contributed by atoms with van der Waals surface area (Å²) in [4.78, 5) is 2.62. The highest BCUT2D eigenvalue weighted by Crippen LogP contribution is 2.36. The van der Waals surface area contributed by atoms with E-state index in [1.807, 2.05) is 0 Å². The predicted octanol–water partition coefficient (Wildman–Crippen LogP) is 3.42. The second-order valence-electron chi connectivity index (χ2n) is 7.36. The molecular weight excluding hydrogens is 220 g/mol. The van der Waals surface area contributed by atoms with E-state index in [2.05, 4.69) is 37.9 Å². The van der Waals surface area contributed by atoms with Crippen LogP contribution in [-0.4, -0.2) is 36.1 Å². The van der Waals surface area contributed by atoms with Crippen LogP contribution in [-0.2, 0) is 0 Å². The second kappa shape index (κ2) is 5.92. The fourth-order valence-electron chi connectivity index (χ4n) is 3.67. The Morgan fingerprint density at radius 3 is 2.28 bits per heavy atom. The third-order valence-corrected chi connectivity index (χ3v) is 5.20. The maximum atomic E-state index is 3.98. The number of nitrogens with one attached hydrogen (secondary N) is 1. The summed E-state index contributed by atoms with van der Waals surface area (Å²) in [6.45, 7) is 12.1. The first kappa shape index (κ1) is 14.3. The summed E-state index contributed by atoms with van der Waals surface area (Å²) in [6.07, 6.45) is 8.31. The molecular formula is C16H32N2. The third-order valence-electron chi connectivity index (χ3n) is 5.20. The topological polar surface area (TPSA) is 15.3 Å². The van der Waals surface area contributed by atoms with E-state index in [9.17, 15) is 0 Å². The first-order chi connectivity index (χ1) is 8.49. The van der Waals surface area contributed by atoms with Crippen LogP contribution in [0.5, 0.6) is 0 Å². The zero-order chi connectivity index (χ0) is 13.2. The molecule has 1 aliphatic heterocycles. The lowest BCUT2D eigenvalue weighted by atomic mass is 9.73. The molecule has 0 spiro atoms. The number of piperidine rings is 1. The molecule has 0 aromatic rings. The van der Waals surface area contributed by atoms with Gasteiger partial charge in [0.05, 0.1) is 0 Å². The van der Waals surface area contributed by atoms with Crippen molar-refractivity contribution < 1.29 is 0 Å². The summed E-state index contributed by atoms with van der Waals surface area (Å²) in [5, 5.41) is 3.98. The van der Waals surface area contributed by atoms with E-state index in [0.717, 1.165) is 18.1 Å². The van der Waals surface area contributed by atoms with E-state index in [-0.39, 0.29) is 0 Å². The number of hydrogen-bond donors (Lipinski definition) is 1. The zero-order valence-electron chi connectivity index (χ0n) is 12.8. The van der Waals surface area contributed by atoms with Crippen molar-refractivity contribution in [3.05, 3.63) is 0 Å². The van der Waals surface area contributed by atoms with Crippen molar-refractivity contribution in [2.75, 3.05) is 13.1 Å². The average Bonchev–Trinajstić information content (AvgIpc) is 2.32. The van der Waals surface area contributed by atoms with Gasteiger partial charge >= 0.3 is 0 Å². The number of likely N-dealkylation sites (tertiary alicyclic amines) is 1. The third kappa shape index (κ3) is 3.48. The van der Waals surface area contributed by atoms with Crippen LogP contribution in [0.1, 0.15) is 66.2 Å². The molecule has 1 saturated carbocycles. The summed E-state index contributed by atoms with van der Waals surface area (Å²) in [5.41, 5.74) is 0.507. The van der Waals surface area contributed by atoms with Gasteiger partial charge in [-0.1, -0.05) is 26.7 Å². The Labute approximate surface area is 114 Å². The molecule has 106 valence electrons. The zero-order valence-corrected chi connectivity index (χ0v) is 12.8. The molecule has 0 bridgehead atoms. The fourth-order valence-corrected chi connectivity index (χ4v) is 3.67. The molecule has 2 aliphatic rings. The van der Waals surface area contributed by atoms with Gasteiger partial charge in [-0.3, -0.25) is 0 Å². The van der Waals surface area contributed by atoms with Crippen LogP contribution in [0.3, 0.4) is 0 Å². The molecule has 1 unspecified atom stereocenters. The molecule has 2 heteroatoms. The van der Waals surface area contributed by atoms with Crippen LogP contribution >= 0.6 is 0 Å². The normalized spacial score (nSPS) is 30.8. The highest BCUT2D eigenvalue weighted by molar-refractivity contribution is 4.91. The van der Waals surface area contributed by atoms with Gasteiger partial charge in [0.15, 0.2) is 0 Å². The lowest BCUT2D eigenvalue weighted by molar-refractivity contribution is 0.116. The van der Waals surface area contributed by atoms with E-state index < -0.39 is 0 Å². The van der Waals surface area contributed by atoms with Crippen molar-refractivity contribution in [3.63, 3.8) is 0 Å². The quantitative estimate of drug-likeness (QED) is 0.828. The average molecular weight is 252 g/mol. The smallest absolute Gasteiger partial charge is 0.0121 e. The molecule has 0 aromatic heterocycles. The van der Waals surface area contributed by atoms with Crippen LogP contribution in [0.15, 0.2) is 0 Å². The monoisotopic (exact) mass is 252 g/mol. The maximum absolute atomic E-state index is 3.98. The van der Waals surface area contributed by atoms with Crippen molar-refractivity contribution in [3.8, 4) is 0 Å². The summed E-state index contributed by atoms with van der Waals surface area (Å²) in [5.74, 6) is 0. The summed E-state index contributed by atoms with van der Waals surface area (Å²) in [6, 6.07) is 2.24. The highest BCUT2D eigenvalue weighted by Gasteiger charge is 2.34. The first-order valence-corrected chi connectivity index (χ1v) is 7.99. The minimum Gasteiger partial charge on any atom is -0.311 e. The predicted molar refractivity (Wildman–Crippen MR) is 78.9 cm³/mol. The minimum absolute atomic E-state index is 0.507. The lowest BCUT2D eigenvalue weighted by Crippen LogP contribution is -2.52. The Bertz CT molecular complexity index is 252. The molecule has 2 fully saturated rings. The van der Waals surface area contributed by atoms with E-state index in [4.69, 9.17) is 0 Å². The Balaban J connectivity index is 1.80. The molecule has 18 heavy (non-hydrogen) atoms. The van der Waals surface area contributed by atoms with Gasteiger partial charge in [0, 0.05) is 18.1 Å². The standard InChI is InChI=1S/C16H32N2/c1-13(2)18-11-8-14(9-12-18)17-15-7-5-6-10-16(15,3)4/h13-15,17H,5-12H2,1-4H3. The molecule has 0 radical (unpaired) electrons. The van der Waals surface area contributed by atoms with Gasteiger partial charge in [0.1, 0.15) is 0 Å². The maximum Gasteiger partial charge on any atom is 0.0121 e. The fraction of sp³-hybridized carbons (Fsp3) is 1.00. The Morgan fingerprint density at radius 2 is 1.72 bits per heavy atom. The summed E-state index contributed by atoms with van der Waals surface area (Å²) in [7, 11) is 0. The molecule has 0 aromatic carbocycles. The summed E-state index contributed by atoms with van der Waals surface area (Å²) >= 11 is 0. The van der Waals surface area contributed by atoms with E-state index in [1.165, 1.54) is 51.6 Å². The van der Waals surface area contributed by atoms with Gasteiger partial charge < -0.3 is 10.2 Å². The van der Waals surface area contributed by atoms with Gasteiger partial charge in [0.25, 0.3) is 0 Å². The molecule has 1 aliphatic carbocycles. The number of nitrogens with zero attached hydrogens (tertiary/aromatic N) is 1.